The fourth-order valence-electron chi connectivity index (χ4n) is 2.74. The summed E-state index contributed by atoms with van der Waals surface area (Å²) in [6, 6.07) is 9.66. The molecule has 0 aliphatic rings. The second kappa shape index (κ2) is 8.35. The van der Waals surface area contributed by atoms with Crippen LogP contribution in [-0.4, -0.2) is 32.0 Å². The van der Waals surface area contributed by atoms with Crippen molar-refractivity contribution in [1.82, 2.24) is 14.5 Å². The first-order chi connectivity index (χ1) is 13.3. The maximum atomic E-state index is 13.4. The monoisotopic (exact) mass is 398 g/mol. The highest BCUT2D eigenvalue weighted by atomic mass is 32.2. The highest BCUT2D eigenvalue weighted by Crippen LogP contribution is 2.35. The fraction of sp³-hybridized carbons (Fsp3) is 0.200. The van der Waals surface area contributed by atoms with E-state index in [0.29, 0.717) is 22.4 Å². The van der Waals surface area contributed by atoms with Gasteiger partial charge in [0.1, 0.15) is 17.4 Å². The van der Waals surface area contributed by atoms with Gasteiger partial charge >= 0.3 is 0 Å². The molecular weight excluding hydrogens is 379 g/mol. The minimum atomic E-state index is -0.329. The van der Waals surface area contributed by atoms with Gasteiger partial charge < -0.3 is 9.88 Å². The predicted molar refractivity (Wildman–Crippen MR) is 108 cm³/mol. The summed E-state index contributed by atoms with van der Waals surface area (Å²) in [7, 11) is 1.86. The Kier molecular flexibility index (Phi) is 5.89. The molecule has 28 heavy (non-hydrogen) atoms. The number of carbonyl (C=O) groups excluding carboxylic acids is 2. The third-order valence-corrected chi connectivity index (χ3v) is 5.09. The highest BCUT2D eigenvalue weighted by molar-refractivity contribution is 7.99. The third kappa shape index (κ3) is 4.45. The molecule has 1 N–H and O–H groups in total. The van der Waals surface area contributed by atoms with Gasteiger partial charge in [0.05, 0.1) is 17.1 Å². The number of nitrogens with one attached hydrogen (secondary N) is 1. The van der Waals surface area contributed by atoms with E-state index in [2.05, 4.69) is 10.3 Å². The maximum Gasteiger partial charge on any atom is 0.222 e. The number of carbonyl (C=O) groups is 2. The molecule has 0 fully saturated rings. The zero-order chi connectivity index (χ0) is 20.3. The van der Waals surface area contributed by atoms with E-state index in [9.17, 15) is 14.0 Å². The van der Waals surface area contributed by atoms with Gasteiger partial charge in [-0.1, -0.05) is 11.8 Å². The molecule has 0 saturated heterocycles. The van der Waals surface area contributed by atoms with Gasteiger partial charge in [0.25, 0.3) is 0 Å². The molecule has 2 aromatic heterocycles. The van der Waals surface area contributed by atoms with E-state index < -0.39 is 0 Å². The Bertz CT molecular complexity index is 1030. The second-order valence-electron chi connectivity index (χ2n) is 6.26. The Morgan fingerprint density at radius 3 is 2.50 bits per heavy atom. The highest BCUT2D eigenvalue weighted by Gasteiger charge is 2.19. The summed E-state index contributed by atoms with van der Waals surface area (Å²) in [6.45, 7) is 2.94. The molecule has 3 aromatic rings. The molecule has 0 spiro atoms. The van der Waals surface area contributed by atoms with Crippen LogP contribution in [0, 0.1) is 5.82 Å². The summed E-state index contributed by atoms with van der Waals surface area (Å²) in [6.07, 6.45) is 1.60. The molecule has 0 aliphatic heterocycles. The smallest absolute Gasteiger partial charge is 0.222 e. The molecule has 144 valence electrons. The van der Waals surface area contributed by atoms with E-state index in [4.69, 9.17) is 4.98 Å². The van der Waals surface area contributed by atoms with Gasteiger partial charge in [-0.15, -0.1) is 0 Å². The number of halogens is 1. The molecule has 8 heteroatoms. The minimum Gasteiger partial charge on any atom is -0.322 e. The predicted octanol–water partition coefficient (Wildman–Crippen LogP) is 3.93. The van der Waals surface area contributed by atoms with Crippen molar-refractivity contribution in [1.29, 1.82) is 0 Å². The average molecular weight is 398 g/mol. The van der Waals surface area contributed by atoms with Crippen molar-refractivity contribution in [3.8, 4) is 22.5 Å². The van der Waals surface area contributed by atoms with Gasteiger partial charge in [0.2, 0.25) is 5.91 Å². The van der Waals surface area contributed by atoms with Crippen LogP contribution in [0.2, 0.25) is 0 Å². The molecule has 0 saturated carbocycles. The number of aromatic nitrogens is 3. The lowest BCUT2D eigenvalue weighted by Gasteiger charge is -2.09. The SMILES string of the molecule is CC(=O)CSc1nc(-c2ccc(F)cc2)c(-c2ccnc(NC(C)=O)c2)n1C. The number of imidazole rings is 1. The van der Waals surface area contributed by atoms with Gasteiger partial charge in [-0.05, 0) is 43.3 Å². The quantitative estimate of drug-likeness (QED) is 0.637. The van der Waals surface area contributed by atoms with Gasteiger partial charge in [-0.3, -0.25) is 9.59 Å². The average Bonchev–Trinajstić information content (AvgIpc) is 2.96. The number of anilines is 1. The van der Waals surface area contributed by atoms with Crippen molar-refractivity contribution in [3.63, 3.8) is 0 Å². The van der Waals surface area contributed by atoms with Crippen molar-refractivity contribution in [2.24, 2.45) is 7.05 Å². The first kappa shape index (κ1) is 19.8. The Morgan fingerprint density at radius 2 is 1.86 bits per heavy atom. The second-order valence-corrected chi connectivity index (χ2v) is 7.20. The molecule has 2 heterocycles. The van der Waals surface area contributed by atoms with Crippen LogP contribution < -0.4 is 5.32 Å². The Hall–Kier alpha value is -3.00. The minimum absolute atomic E-state index is 0.0507. The zero-order valence-electron chi connectivity index (χ0n) is 15.7. The summed E-state index contributed by atoms with van der Waals surface area (Å²) in [4.78, 5) is 31.6. The number of benzene rings is 1. The molecule has 0 unspecified atom stereocenters. The number of rotatable bonds is 6. The topological polar surface area (TPSA) is 76.9 Å². The van der Waals surface area contributed by atoms with Gasteiger partial charge in [0, 0.05) is 31.3 Å². The van der Waals surface area contributed by atoms with Crippen LogP contribution in [0.3, 0.4) is 0 Å². The molecule has 1 amide bonds. The molecule has 3 rings (SSSR count). The van der Waals surface area contributed by atoms with Crippen LogP contribution in [0.15, 0.2) is 47.8 Å². The number of thioether (sulfide) groups is 1. The molecule has 0 atom stereocenters. The van der Waals surface area contributed by atoms with Crippen LogP contribution in [0.5, 0.6) is 0 Å². The number of Topliss-reactive ketones (excluding diaryl/α,β-unsaturated/α-hetero) is 1. The number of hydrogen-bond donors (Lipinski definition) is 1. The summed E-state index contributed by atoms with van der Waals surface area (Å²) in [5.74, 6) is 0.236. The van der Waals surface area contributed by atoms with Crippen molar-refractivity contribution in [2.75, 3.05) is 11.1 Å². The standard InChI is InChI=1S/C20H19FN4O2S/c1-12(26)11-28-20-24-18(14-4-6-16(21)7-5-14)19(25(20)3)15-8-9-22-17(10-15)23-13(2)27/h4-10H,11H2,1-3H3,(H,22,23,27). The Labute approximate surface area is 166 Å². The molecule has 6 nitrogen and oxygen atoms in total. The van der Waals surface area contributed by atoms with Crippen LogP contribution in [0.4, 0.5) is 10.2 Å². The molecule has 0 bridgehead atoms. The van der Waals surface area contributed by atoms with Crippen molar-refractivity contribution in [3.05, 3.63) is 48.4 Å². The van der Waals surface area contributed by atoms with Gasteiger partial charge in [-0.2, -0.15) is 0 Å². The van der Waals surface area contributed by atoms with E-state index >= 15 is 0 Å². The van der Waals surface area contributed by atoms with E-state index in [-0.39, 0.29) is 17.5 Å². The summed E-state index contributed by atoms with van der Waals surface area (Å²) in [5.41, 5.74) is 2.99. The number of hydrogen-bond acceptors (Lipinski definition) is 5. The molecule has 0 aliphatic carbocycles. The van der Waals surface area contributed by atoms with Crippen LogP contribution in [-0.2, 0) is 16.6 Å². The van der Waals surface area contributed by atoms with Crippen molar-refractivity contribution >= 4 is 29.3 Å². The molecule has 0 radical (unpaired) electrons. The lowest BCUT2D eigenvalue weighted by Crippen LogP contribution is -2.07. The van der Waals surface area contributed by atoms with Crippen LogP contribution in [0.25, 0.3) is 22.5 Å². The van der Waals surface area contributed by atoms with E-state index in [1.165, 1.54) is 37.7 Å². The van der Waals surface area contributed by atoms with Crippen LogP contribution >= 0.6 is 11.8 Å². The Morgan fingerprint density at radius 1 is 1.14 bits per heavy atom. The van der Waals surface area contributed by atoms with Crippen molar-refractivity contribution in [2.45, 2.75) is 19.0 Å². The Balaban J connectivity index is 2.13. The maximum absolute atomic E-state index is 13.4. The van der Waals surface area contributed by atoms with E-state index in [1.54, 1.807) is 24.4 Å². The zero-order valence-corrected chi connectivity index (χ0v) is 16.5. The number of pyridine rings is 1. The summed E-state index contributed by atoms with van der Waals surface area (Å²) < 4.78 is 15.3. The normalized spacial score (nSPS) is 10.7. The van der Waals surface area contributed by atoms with Gasteiger partial charge in [0.15, 0.2) is 5.16 Å². The molecule has 1 aromatic carbocycles. The first-order valence-electron chi connectivity index (χ1n) is 8.54. The third-order valence-electron chi connectivity index (χ3n) is 3.91. The number of amides is 1. The van der Waals surface area contributed by atoms with E-state index in [0.717, 1.165) is 16.8 Å². The van der Waals surface area contributed by atoms with Crippen molar-refractivity contribution < 1.29 is 14.0 Å². The number of ketones is 1. The summed E-state index contributed by atoms with van der Waals surface area (Å²) in [5, 5.41) is 3.34. The first-order valence-corrected chi connectivity index (χ1v) is 9.52. The largest absolute Gasteiger partial charge is 0.322 e. The van der Waals surface area contributed by atoms with Crippen LogP contribution in [0.1, 0.15) is 13.8 Å². The summed E-state index contributed by atoms with van der Waals surface area (Å²) >= 11 is 1.34. The van der Waals surface area contributed by atoms with E-state index in [1.807, 2.05) is 17.7 Å². The lowest BCUT2D eigenvalue weighted by molar-refractivity contribution is -0.115. The molecular formula is C20H19FN4O2S. The number of nitrogens with zero attached hydrogens (tertiary/aromatic N) is 3. The van der Waals surface area contributed by atoms with Gasteiger partial charge in [-0.25, -0.2) is 14.4 Å². The fourth-order valence-corrected chi connectivity index (χ4v) is 3.51. The lowest BCUT2D eigenvalue weighted by atomic mass is 10.1.